The third kappa shape index (κ3) is 1.32. The van der Waals surface area contributed by atoms with Gasteiger partial charge in [-0.05, 0) is 12.5 Å². The Morgan fingerprint density at radius 3 is 2.00 bits per heavy atom. The second-order valence-electron chi connectivity index (χ2n) is 1.93. The van der Waals surface area contributed by atoms with Gasteiger partial charge in [0.15, 0.2) is 0 Å². The SMILES string of the molecule is CSC1(SC)NC(=O)NC1=O. The molecule has 3 amide bonds. The number of hydrogen-bond acceptors (Lipinski definition) is 4. The Hall–Kier alpha value is -0.360. The van der Waals surface area contributed by atoms with Crippen LogP contribution in [0.1, 0.15) is 0 Å². The van der Waals surface area contributed by atoms with Crippen molar-refractivity contribution in [1.82, 2.24) is 10.6 Å². The summed E-state index contributed by atoms with van der Waals surface area (Å²) in [5.41, 5.74) is 0. The molecule has 62 valence electrons. The van der Waals surface area contributed by atoms with E-state index in [1.807, 2.05) is 0 Å². The predicted octanol–water partition coefficient (Wildman–Crippen LogP) is 0.206. The van der Waals surface area contributed by atoms with E-state index in [1.54, 1.807) is 12.5 Å². The normalized spacial score (nSPS) is 21.3. The van der Waals surface area contributed by atoms with E-state index < -0.39 is 10.2 Å². The first-order valence-corrected chi connectivity index (χ1v) is 5.33. The van der Waals surface area contributed by atoms with Crippen molar-refractivity contribution in [2.45, 2.75) is 4.20 Å². The largest absolute Gasteiger partial charge is 0.323 e. The second kappa shape index (κ2) is 2.94. The maximum atomic E-state index is 11.1. The van der Waals surface area contributed by atoms with Crippen molar-refractivity contribution in [3.63, 3.8) is 0 Å². The zero-order chi connectivity index (χ0) is 8.48. The molecule has 0 spiro atoms. The second-order valence-corrected chi connectivity index (χ2v) is 4.23. The first-order chi connectivity index (χ1) is 5.14. The maximum absolute atomic E-state index is 11.1. The van der Waals surface area contributed by atoms with E-state index in [0.717, 1.165) is 0 Å². The van der Waals surface area contributed by atoms with Gasteiger partial charge in [0.1, 0.15) is 0 Å². The minimum Gasteiger partial charge on any atom is -0.306 e. The van der Waals surface area contributed by atoms with E-state index >= 15 is 0 Å². The van der Waals surface area contributed by atoms with Gasteiger partial charge in [-0.3, -0.25) is 10.1 Å². The number of amides is 3. The molecule has 1 rings (SSSR count). The summed E-state index contributed by atoms with van der Waals surface area (Å²) in [6, 6.07) is -0.418. The summed E-state index contributed by atoms with van der Waals surface area (Å²) < 4.78 is -0.808. The fourth-order valence-electron chi connectivity index (χ4n) is 0.794. The monoisotopic (exact) mass is 192 g/mol. The van der Waals surface area contributed by atoms with Crippen LogP contribution in [-0.4, -0.2) is 28.7 Å². The molecule has 11 heavy (non-hydrogen) atoms. The van der Waals surface area contributed by atoms with Gasteiger partial charge in [-0.2, -0.15) is 0 Å². The van der Waals surface area contributed by atoms with Gasteiger partial charge in [-0.25, -0.2) is 4.79 Å². The smallest absolute Gasteiger partial charge is 0.306 e. The number of carbonyl (C=O) groups excluding carboxylic acids is 2. The van der Waals surface area contributed by atoms with Gasteiger partial charge in [0.2, 0.25) is 4.20 Å². The van der Waals surface area contributed by atoms with Crippen LogP contribution in [0.3, 0.4) is 0 Å². The molecule has 0 radical (unpaired) electrons. The summed E-state index contributed by atoms with van der Waals surface area (Å²) in [5, 5.41) is 4.72. The number of hydrogen-bond donors (Lipinski definition) is 2. The van der Waals surface area contributed by atoms with Crippen molar-refractivity contribution in [2.24, 2.45) is 0 Å². The van der Waals surface area contributed by atoms with Crippen LogP contribution in [0.15, 0.2) is 0 Å². The Kier molecular flexibility index (Phi) is 2.34. The van der Waals surface area contributed by atoms with Crippen LogP contribution in [0.2, 0.25) is 0 Å². The molecule has 2 N–H and O–H groups in total. The molecule has 1 aliphatic heterocycles. The van der Waals surface area contributed by atoms with Crippen molar-refractivity contribution < 1.29 is 9.59 Å². The minimum atomic E-state index is -0.808. The van der Waals surface area contributed by atoms with Crippen LogP contribution in [0.4, 0.5) is 4.79 Å². The Labute approximate surface area is 72.9 Å². The average Bonchev–Trinajstić information content (AvgIpc) is 2.27. The summed E-state index contributed by atoms with van der Waals surface area (Å²) in [5.74, 6) is -0.275. The zero-order valence-electron chi connectivity index (χ0n) is 6.13. The molecular weight excluding hydrogens is 184 g/mol. The molecular formula is C5H8N2O2S2. The molecule has 0 aliphatic carbocycles. The van der Waals surface area contributed by atoms with E-state index in [-0.39, 0.29) is 5.91 Å². The number of imide groups is 1. The molecule has 1 fully saturated rings. The van der Waals surface area contributed by atoms with Gasteiger partial charge in [-0.1, -0.05) is 0 Å². The minimum absolute atomic E-state index is 0.275. The fraction of sp³-hybridized carbons (Fsp3) is 0.600. The van der Waals surface area contributed by atoms with Crippen LogP contribution in [0.5, 0.6) is 0 Å². The first kappa shape index (κ1) is 8.73. The van der Waals surface area contributed by atoms with Crippen molar-refractivity contribution in [1.29, 1.82) is 0 Å². The van der Waals surface area contributed by atoms with E-state index in [9.17, 15) is 9.59 Å². The van der Waals surface area contributed by atoms with Crippen molar-refractivity contribution >= 4 is 35.5 Å². The number of carbonyl (C=O) groups is 2. The highest BCUT2D eigenvalue weighted by molar-refractivity contribution is 8.18. The van der Waals surface area contributed by atoms with Crippen LogP contribution in [0, 0.1) is 0 Å². The lowest BCUT2D eigenvalue weighted by Gasteiger charge is -2.19. The quantitative estimate of drug-likeness (QED) is 0.485. The van der Waals surface area contributed by atoms with E-state index in [0.29, 0.717) is 0 Å². The lowest BCUT2D eigenvalue weighted by atomic mass is 10.6. The number of rotatable bonds is 2. The highest BCUT2D eigenvalue weighted by Crippen LogP contribution is 2.33. The van der Waals surface area contributed by atoms with Crippen molar-refractivity contribution in [3.8, 4) is 0 Å². The number of thioether (sulfide) groups is 2. The molecule has 0 unspecified atom stereocenters. The molecule has 1 heterocycles. The van der Waals surface area contributed by atoms with Gasteiger partial charge in [-0.15, -0.1) is 23.5 Å². The van der Waals surface area contributed by atoms with Gasteiger partial charge in [0.25, 0.3) is 5.91 Å². The van der Waals surface area contributed by atoms with Crippen molar-refractivity contribution in [2.75, 3.05) is 12.5 Å². The van der Waals surface area contributed by atoms with Crippen LogP contribution < -0.4 is 10.6 Å². The lowest BCUT2D eigenvalue weighted by molar-refractivity contribution is -0.119. The summed E-state index contributed by atoms with van der Waals surface area (Å²) in [7, 11) is 0. The molecule has 0 saturated carbocycles. The molecule has 0 bridgehead atoms. The van der Waals surface area contributed by atoms with Crippen LogP contribution >= 0.6 is 23.5 Å². The first-order valence-electron chi connectivity index (χ1n) is 2.88. The standard InChI is InChI=1S/C5H8N2O2S2/c1-10-5(11-2)3(8)6-4(9)7-5/h1-2H3,(H2,6,7,8,9). The van der Waals surface area contributed by atoms with Gasteiger partial charge in [0.05, 0.1) is 0 Å². The summed E-state index contributed by atoms with van der Waals surface area (Å²) in [6.07, 6.45) is 3.56. The molecule has 4 nitrogen and oxygen atoms in total. The third-order valence-electron chi connectivity index (χ3n) is 1.38. The van der Waals surface area contributed by atoms with Crippen molar-refractivity contribution in [3.05, 3.63) is 0 Å². The highest BCUT2D eigenvalue weighted by atomic mass is 32.2. The molecule has 6 heteroatoms. The highest BCUT2D eigenvalue weighted by Gasteiger charge is 2.45. The van der Waals surface area contributed by atoms with Gasteiger partial charge < -0.3 is 5.32 Å². The Bertz CT molecular complexity index is 203. The van der Waals surface area contributed by atoms with Crippen LogP contribution in [-0.2, 0) is 4.79 Å². The topological polar surface area (TPSA) is 58.2 Å². The summed E-state index contributed by atoms with van der Waals surface area (Å²) in [6.45, 7) is 0. The molecule has 0 aromatic rings. The maximum Gasteiger partial charge on any atom is 0.323 e. The molecule has 0 aromatic carbocycles. The van der Waals surface area contributed by atoms with E-state index in [1.165, 1.54) is 23.5 Å². The summed E-state index contributed by atoms with van der Waals surface area (Å²) >= 11 is 2.62. The lowest BCUT2D eigenvalue weighted by Crippen LogP contribution is -2.39. The number of urea groups is 1. The molecule has 1 aliphatic rings. The van der Waals surface area contributed by atoms with E-state index in [4.69, 9.17) is 0 Å². The Balaban J connectivity index is 2.84. The zero-order valence-corrected chi connectivity index (χ0v) is 7.77. The molecule has 0 aromatic heterocycles. The third-order valence-corrected chi connectivity index (χ3v) is 4.10. The van der Waals surface area contributed by atoms with Crippen LogP contribution in [0.25, 0.3) is 0 Å². The fourth-order valence-corrected chi connectivity index (χ4v) is 2.32. The average molecular weight is 192 g/mol. The summed E-state index contributed by atoms with van der Waals surface area (Å²) in [4.78, 5) is 21.8. The molecule has 1 saturated heterocycles. The van der Waals surface area contributed by atoms with Gasteiger partial charge in [0, 0.05) is 0 Å². The molecule has 0 atom stereocenters. The van der Waals surface area contributed by atoms with E-state index in [2.05, 4.69) is 10.6 Å². The van der Waals surface area contributed by atoms with Gasteiger partial charge >= 0.3 is 6.03 Å². The Morgan fingerprint density at radius 1 is 1.27 bits per heavy atom. The Morgan fingerprint density at radius 2 is 1.82 bits per heavy atom. The number of nitrogens with one attached hydrogen (secondary N) is 2. The predicted molar refractivity (Wildman–Crippen MR) is 46.4 cm³/mol.